The summed E-state index contributed by atoms with van der Waals surface area (Å²) in [7, 11) is 0. The highest BCUT2D eigenvalue weighted by atomic mass is 32.1. The van der Waals surface area contributed by atoms with Crippen LogP contribution >= 0.6 is 11.5 Å². The molecule has 0 bridgehead atoms. The number of hydrogen-bond acceptors (Lipinski definition) is 5. The van der Waals surface area contributed by atoms with Crippen LogP contribution in [0.2, 0.25) is 0 Å². The monoisotopic (exact) mass is 269 g/mol. The number of piperidine rings is 1. The summed E-state index contributed by atoms with van der Waals surface area (Å²) in [6.45, 7) is 9.80. The second-order valence-corrected chi connectivity index (χ2v) is 7.01. The number of nitrogens with zero attached hydrogens (tertiary/aromatic N) is 3. The second kappa shape index (κ2) is 5.13. The van der Waals surface area contributed by atoms with Crippen molar-refractivity contribution >= 4 is 16.7 Å². The van der Waals surface area contributed by atoms with E-state index in [9.17, 15) is 5.11 Å². The van der Waals surface area contributed by atoms with Crippen LogP contribution in [0.1, 0.15) is 46.4 Å². The molecule has 0 aromatic carbocycles. The van der Waals surface area contributed by atoms with Crippen molar-refractivity contribution in [2.45, 2.75) is 52.0 Å². The van der Waals surface area contributed by atoms with Gasteiger partial charge in [-0.3, -0.25) is 0 Å². The zero-order chi connectivity index (χ0) is 13.3. The fraction of sp³-hybridized carbons (Fsp3) is 0.846. The molecular formula is C13H23N3OS. The Morgan fingerprint density at radius 1 is 1.39 bits per heavy atom. The van der Waals surface area contributed by atoms with Crippen LogP contribution in [0.15, 0.2) is 0 Å². The summed E-state index contributed by atoms with van der Waals surface area (Å²) >= 11 is 1.48. The third kappa shape index (κ3) is 2.83. The minimum Gasteiger partial charge on any atom is -0.396 e. The molecule has 1 aliphatic heterocycles. The highest BCUT2D eigenvalue weighted by molar-refractivity contribution is 7.09. The molecule has 1 N–H and O–H groups in total. The van der Waals surface area contributed by atoms with Gasteiger partial charge in [-0.05, 0) is 25.7 Å². The molecule has 2 unspecified atom stereocenters. The Balaban J connectivity index is 2.17. The van der Waals surface area contributed by atoms with E-state index in [2.05, 4.69) is 42.0 Å². The van der Waals surface area contributed by atoms with Gasteiger partial charge in [0.15, 0.2) is 0 Å². The molecule has 102 valence electrons. The maximum absolute atomic E-state index is 9.32. The molecule has 0 amide bonds. The molecule has 4 nitrogen and oxygen atoms in total. The lowest BCUT2D eigenvalue weighted by molar-refractivity contribution is 0.200. The van der Waals surface area contributed by atoms with E-state index in [0.29, 0.717) is 12.0 Å². The molecule has 0 spiro atoms. The molecule has 1 aromatic heterocycles. The summed E-state index contributed by atoms with van der Waals surface area (Å²) in [6, 6.07) is 0.494. The predicted octanol–water partition coefficient (Wildman–Crippen LogP) is 2.43. The van der Waals surface area contributed by atoms with Gasteiger partial charge >= 0.3 is 0 Å². The molecule has 1 fully saturated rings. The molecule has 18 heavy (non-hydrogen) atoms. The SMILES string of the molecule is CC1CCC(CO)CN1c1nc(C(C)(C)C)ns1. The van der Waals surface area contributed by atoms with Crippen LogP contribution in [-0.4, -0.2) is 33.7 Å². The van der Waals surface area contributed by atoms with Crippen molar-refractivity contribution in [2.75, 3.05) is 18.1 Å². The highest BCUT2D eigenvalue weighted by Crippen LogP contribution is 2.31. The van der Waals surface area contributed by atoms with E-state index in [-0.39, 0.29) is 12.0 Å². The maximum Gasteiger partial charge on any atom is 0.205 e. The van der Waals surface area contributed by atoms with Crippen LogP contribution in [0.5, 0.6) is 0 Å². The Hall–Kier alpha value is -0.680. The lowest BCUT2D eigenvalue weighted by Gasteiger charge is -2.37. The quantitative estimate of drug-likeness (QED) is 0.896. The molecule has 2 atom stereocenters. The lowest BCUT2D eigenvalue weighted by atomic mass is 9.94. The topological polar surface area (TPSA) is 49.2 Å². The number of aromatic nitrogens is 2. The summed E-state index contributed by atoms with van der Waals surface area (Å²) in [5.41, 5.74) is 0.00412. The standard InChI is InChI=1S/C13H23N3OS/c1-9-5-6-10(8-17)7-16(9)12-14-11(15-18-12)13(2,3)4/h9-10,17H,5-8H2,1-4H3. The average molecular weight is 269 g/mol. The van der Waals surface area contributed by atoms with Crippen LogP contribution in [0.3, 0.4) is 0 Å². The fourth-order valence-electron chi connectivity index (χ4n) is 2.23. The van der Waals surface area contributed by atoms with Crippen LogP contribution in [0.25, 0.3) is 0 Å². The smallest absolute Gasteiger partial charge is 0.205 e. The number of aliphatic hydroxyl groups is 1. The van der Waals surface area contributed by atoms with Crippen LogP contribution < -0.4 is 4.90 Å². The lowest BCUT2D eigenvalue weighted by Crippen LogP contribution is -2.42. The van der Waals surface area contributed by atoms with Crippen molar-refractivity contribution in [3.05, 3.63) is 5.82 Å². The van der Waals surface area contributed by atoms with E-state index >= 15 is 0 Å². The van der Waals surface area contributed by atoms with E-state index in [4.69, 9.17) is 0 Å². The normalized spacial score (nSPS) is 25.5. The van der Waals surface area contributed by atoms with Crippen molar-refractivity contribution in [3.8, 4) is 0 Å². The van der Waals surface area contributed by atoms with Gasteiger partial charge in [0, 0.05) is 36.1 Å². The minimum atomic E-state index is 0.00412. The highest BCUT2D eigenvalue weighted by Gasteiger charge is 2.29. The zero-order valence-corrected chi connectivity index (χ0v) is 12.5. The van der Waals surface area contributed by atoms with Crippen LogP contribution in [0.4, 0.5) is 5.13 Å². The second-order valence-electron chi connectivity index (χ2n) is 6.28. The van der Waals surface area contributed by atoms with Crippen LogP contribution in [0, 0.1) is 5.92 Å². The Kier molecular flexibility index (Phi) is 3.92. The molecule has 1 aliphatic rings. The Labute approximate surface area is 113 Å². The van der Waals surface area contributed by atoms with Gasteiger partial charge in [-0.1, -0.05) is 20.8 Å². The van der Waals surface area contributed by atoms with Crippen molar-refractivity contribution in [2.24, 2.45) is 5.92 Å². The molecule has 2 rings (SSSR count). The van der Waals surface area contributed by atoms with Gasteiger partial charge in [-0.15, -0.1) is 0 Å². The summed E-state index contributed by atoms with van der Waals surface area (Å²) in [5.74, 6) is 1.30. The Bertz CT molecular complexity index is 399. The first-order valence-corrected chi connectivity index (χ1v) is 7.41. The van der Waals surface area contributed by atoms with Crippen molar-refractivity contribution in [1.29, 1.82) is 0 Å². The fourth-order valence-corrected chi connectivity index (χ4v) is 3.20. The first-order valence-electron chi connectivity index (χ1n) is 6.63. The predicted molar refractivity (Wildman–Crippen MR) is 75.2 cm³/mol. The van der Waals surface area contributed by atoms with E-state index in [1.807, 2.05) is 0 Å². The molecule has 1 saturated heterocycles. The minimum absolute atomic E-state index is 0.00412. The van der Waals surface area contributed by atoms with Gasteiger partial charge in [0.2, 0.25) is 5.13 Å². The summed E-state index contributed by atoms with van der Waals surface area (Å²) < 4.78 is 4.47. The van der Waals surface area contributed by atoms with Gasteiger partial charge in [0.25, 0.3) is 0 Å². The number of anilines is 1. The summed E-state index contributed by atoms with van der Waals surface area (Å²) in [5, 5.41) is 10.3. The van der Waals surface area contributed by atoms with Crippen molar-refractivity contribution in [3.63, 3.8) is 0 Å². The summed E-state index contributed by atoms with van der Waals surface area (Å²) in [4.78, 5) is 6.98. The number of hydrogen-bond donors (Lipinski definition) is 1. The van der Waals surface area contributed by atoms with Crippen molar-refractivity contribution < 1.29 is 5.11 Å². The van der Waals surface area contributed by atoms with Crippen molar-refractivity contribution in [1.82, 2.24) is 9.36 Å². The van der Waals surface area contributed by atoms with Gasteiger partial charge in [0.1, 0.15) is 5.82 Å². The molecule has 0 aliphatic carbocycles. The van der Waals surface area contributed by atoms with E-state index in [1.54, 1.807) is 0 Å². The van der Waals surface area contributed by atoms with E-state index in [0.717, 1.165) is 30.3 Å². The zero-order valence-electron chi connectivity index (χ0n) is 11.7. The molecule has 0 radical (unpaired) electrons. The van der Waals surface area contributed by atoms with Gasteiger partial charge in [-0.2, -0.15) is 4.37 Å². The molecular weight excluding hydrogens is 246 g/mol. The Morgan fingerprint density at radius 3 is 2.67 bits per heavy atom. The van der Waals surface area contributed by atoms with E-state index < -0.39 is 0 Å². The summed E-state index contributed by atoms with van der Waals surface area (Å²) in [6.07, 6.45) is 2.23. The van der Waals surface area contributed by atoms with Gasteiger partial charge in [0.05, 0.1) is 0 Å². The van der Waals surface area contributed by atoms with Gasteiger partial charge < -0.3 is 10.0 Å². The molecule has 1 aromatic rings. The first kappa shape index (κ1) is 13.7. The Morgan fingerprint density at radius 2 is 2.11 bits per heavy atom. The average Bonchev–Trinajstić information content (AvgIpc) is 2.78. The van der Waals surface area contributed by atoms with E-state index in [1.165, 1.54) is 11.5 Å². The molecule has 2 heterocycles. The third-order valence-corrected chi connectivity index (χ3v) is 4.32. The molecule has 0 saturated carbocycles. The molecule has 5 heteroatoms. The van der Waals surface area contributed by atoms with Crippen LogP contribution in [-0.2, 0) is 5.41 Å². The number of aliphatic hydroxyl groups excluding tert-OH is 1. The first-order chi connectivity index (χ1) is 8.41. The largest absolute Gasteiger partial charge is 0.396 e. The van der Waals surface area contributed by atoms with Gasteiger partial charge in [-0.25, -0.2) is 4.98 Å². The number of rotatable bonds is 2. The maximum atomic E-state index is 9.32. The third-order valence-electron chi connectivity index (χ3n) is 3.57.